The van der Waals surface area contributed by atoms with Crippen molar-refractivity contribution >= 4 is 11.7 Å². The molecule has 1 unspecified atom stereocenters. The van der Waals surface area contributed by atoms with Crippen LogP contribution < -0.4 is 5.32 Å². The highest BCUT2D eigenvalue weighted by Gasteiger charge is 2.33. The van der Waals surface area contributed by atoms with Crippen molar-refractivity contribution in [2.24, 2.45) is 11.3 Å². The molecule has 1 saturated carbocycles. The lowest BCUT2D eigenvalue weighted by Crippen LogP contribution is -2.50. The Hall–Kier alpha value is -0.860. The zero-order valence-electron chi connectivity index (χ0n) is 12.2. The maximum atomic E-state index is 12.2. The number of hydrogen-bond acceptors (Lipinski definition) is 2. The molecule has 1 atom stereocenters. The standard InChI is InChI=1S/C15H27NO2/c1-5-12(17)13(15(2,3)4)16-14(18)11-9-7-6-8-10-11/h11,13H,5-10H2,1-4H3,(H,16,18). The molecule has 0 saturated heterocycles. The molecule has 1 aliphatic carbocycles. The third kappa shape index (κ3) is 4.11. The first-order valence-electron chi connectivity index (χ1n) is 7.19. The topological polar surface area (TPSA) is 46.2 Å². The van der Waals surface area contributed by atoms with Gasteiger partial charge in [-0.05, 0) is 18.3 Å². The normalized spacial score (nSPS) is 19.3. The zero-order chi connectivity index (χ0) is 13.8. The van der Waals surface area contributed by atoms with Crippen molar-refractivity contribution in [3.05, 3.63) is 0 Å². The van der Waals surface area contributed by atoms with E-state index >= 15 is 0 Å². The lowest BCUT2D eigenvalue weighted by atomic mass is 9.82. The third-order valence-electron chi connectivity index (χ3n) is 3.80. The van der Waals surface area contributed by atoms with Crippen molar-refractivity contribution in [3.63, 3.8) is 0 Å². The van der Waals surface area contributed by atoms with Gasteiger partial charge in [0.2, 0.25) is 5.91 Å². The highest BCUT2D eigenvalue weighted by molar-refractivity contribution is 5.90. The number of Topliss-reactive ketones (excluding diaryl/α,β-unsaturated/α-hetero) is 1. The average Bonchev–Trinajstić information content (AvgIpc) is 2.34. The second-order valence-electron chi connectivity index (χ2n) is 6.46. The summed E-state index contributed by atoms with van der Waals surface area (Å²) in [5.74, 6) is 0.330. The molecular formula is C15H27NO2. The van der Waals surface area contributed by atoms with Gasteiger partial charge in [-0.25, -0.2) is 0 Å². The molecule has 0 radical (unpaired) electrons. The van der Waals surface area contributed by atoms with Crippen LogP contribution in [0.5, 0.6) is 0 Å². The third-order valence-corrected chi connectivity index (χ3v) is 3.80. The van der Waals surface area contributed by atoms with E-state index in [0.29, 0.717) is 6.42 Å². The van der Waals surface area contributed by atoms with Crippen LogP contribution in [0.3, 0.4) is 0 Å². The Labute approximate surface area is 111 Å². The molecule has 0 aromatic carbocycles. The highest BCUT2D eigenvalue weighted by atomic mass is 16.2. The van der Waals surface area contributed by atoms with Gasteiger partial charge in [0.1, 0.15) is 0 Å². The summed E-state index contributed by atoms with van der Waals surface area (Å²) in [7, 11) is 0. The largest absolute Gasteiger partial charge is 0.346 e. The number of carbonyl (C=O) groups is 2. The van der Waals surface area contributed by atoms with Crippen molar-refractivity contribution in [2.75, 3.05) is 0 Å². The summed E-state index contributed by atoms with van der Waals surface area (Å²) in [5.41, 5.74) is -0.211. The van der Waals surface area contributed by atoms with Crippen LogP contribution in [0, 0.1) is 11.3 Å². The molecular weight excluding hydrogens is 226 g/mol. The van der Waals surface area contributed by atoms with Gasteiger partial charge in [0.05, 0.1) is 6.04 Å². The molecule has 0 heterocycles. The Morgan fingerprint density at radius 2 is 1.72 bits per heavy atom. The minimum atomic E-state index is -0.350. The number of amides is 1. The first-order chi connectivity index (χ1) is 8.36. The molecule has 0 aromatic heterocycles. The van der Waals surface area contributed by atoms with Gasteiger partial charge in [0.25, 0.3) is 0 Å². The lowest BCUT2D eigenvalue weighted by molar-refractivity contribution is -0.133. The van der Waals surface area contributed by atoms with E-state index in [1.807, 2.05) is 27.7 Å². The van der Waals surface area contributed by atoms with Crippen LogP contribution in [-0.2, 0) is 9.59 Å². The molecule has 1 aliphatic rings. The molecule has 0 aliphatic heterocycles. The van der Waals surface area contributed by atoms with E-state index < -0.39 is 0 Å². The molecule has 0 spiro atoms. The Kier molecular flexibility index (Phi) is 5.36. The van der Waals surface area contributed by atoms with E-state index in [1.165, 1.54) is 6.42 Å². The number of nitrogens with one attached hydrogen (secondary N) is 1. The second kappa shape index (κ2) is 6.35. The monoisotopic (exact) mass is 253 g/mol. The summed E-state index contributed by atoms with van der Waals surface area (Å²) in [5, 5.41) is 2.99. The van der Waals surface area contributed by atoms with Gasteiger partial charge in [-0.3, -0.25) is 9.59 Å². The predicted octanol–water partition coefficient (Wildman–Crippen LogP) is 3.08. The van der Waals surface area contributed by atoms with Gasteiger partial charge in [0.15, 0.2) is 5.78 Å². The molecule has 1 amide bonds. The molecule has 1 rings (SSSR count). The molecule has 18 heavy (non-hydrogen) atoms. The van der Waals surface area contributed by atoms with E-state index in [1.54, 1.807) is 0 Å². The molecule has 104 valence electrons. The minimum Gasteiger partial charge on any atom is -0.346 e. The van der Waals surface area contributed by atoms with Crippen molar-refractivity contribution in [2.45, 2.75) is 72.3 Å². The molecule has 1 fully saturated rings. The maximum absolute atomic E-state index is 12.2. The van der Waals surface area contributed by atoms with Crippen molar-refractivity contribution in [1.29, 1.82) is 0 Å². The summed E-state index contributed by atoms with van der Waals surface area (Å²) >= 11 is 0. The molecule has 0 bridgehead atoms. The van der Waals surface area contributed by atoms with Crippen LogP contribution in [-0.4, -0.2) is 17.7 Å². The van der Waals surface area contributed by atoms with Crippen molar-refractivity contribution < 1.29 is 9.59 Å². The number of rotatable bonds is 4. The minimum absolute atomic E-state index is 0.0800. The van der Waals surface area contributed by atoms with E-state index in [-0.39, 0.29) is 29.1 Å². The van der Waals surface area contributed by atoms with E-state index in [9.17, 15) is 9.59 Å². The van der Waals surface area contributed by atoms with Gasteiger partial charge in [-0.15, -0.1) is 0 Å². The maximum Gasteiger partial charge on any atom is 0.223 e. The smallest absolute Gasteiger partial charge is 0.223 e. The first kappa shape index (κ1) is 15.2. The van der Waals surface area contributed by atoms with E-state index in [4.69, 9.17) is 0 Å². The lowest BCUT2D eigenvalue weighted by Gasteiger charge is -2.32. The Bertz CT molecular complexity index is 298. The van der Waals surface area contributed by atoms with Crippen LogP contribution in [0.2, 0.25) is 0 Å². The van der Waals surface area contributed by atoms with Crippen LogP contribution in [0.1, 0.15) is 66.2 Å². The summed E-state index contributed by atoms with van der Waals surface area (Å²) < 4.78 is 0. The predicted molar refractivity (Wildman–Crippen MR) is 73.3 cm³/mol. The molecule has 0 aromatic rings. The van der Waals surface area contributed by atoms with Crippen LogP contribution >= 0.6 is 0 Å². The van der Waals surface area contributed by atoms with Crippen molar-refractivity contribution in [1.82, 2.24) is 5.32 Å². The number of carbonyl (C=O) groups excluding carboxylic acids is 2. The SMILES string of the molecule is CCC(=O)C(NC(=O)C1CCCCC1)C(C)(C)C. The van der Waals surface area contributed by atoms with Gasteiger partial charge in [-0.2, -0.15) is 0 Å². The fourth-order valence-electron chi connectivity index (χ4n) is 2.61. The molecule has 1 N–H and O–H groups in total. The summed E-state index contributed by atoms with van der Waals surface area (Å²) in [6, 6.07) is -0.350. The average molecular weight is 253 g/mol. The Morgan fingerprint density at radius 3 is 2.17 bits per heavy atom. The van der Waals surface area contributed by atoms with E-state index in [0.717, 1.165) is 25.7 Å². The summed E-state index contributed by atoms with van der Waals surface area (Å²) in [6.45, 7) is 7.87. The fraction of sp³-hybridized carbons (Fsp3) is 0.867. The van der Waals surface area contributed by atoms with Crippen molar-refractivity contribution in [3.8, 4) is 0 Å². The number of ketones is 1. The van der Waals surface area contributed by atoms with Crippen LogP contribution in [0.25, 0.3) is 0 Å². The number of hydrogen-bond donors (Lipinski definition) is 1. The molecule has 3 nitrogen and oxygen atoms in total. The van der Waals surface area contributed by atoms with Gasteiger partial charge in [0, 0.05) is 12.3 Å². The Morgan fingerprint density at radius 1 is 1.17 bits per heavy atom. The molecule has 3 heteroatoms. The Balaban J connectivity index is 2.65. The second-order valence-corrected chi connectivity index (χ2v) is 6.46. The highest BCUT2D eigenvalue weighted by Crippen LogP contribution is 2.26. The van der Waals surface area contributed by atoms with E-state index in [2.05, 4.69) is 5.32 Å². The van der Waals surface area contributed by atoms with Crippen LogP contribution in [0.15, 0.2) is 0 Å². The van der Waals surface area contributed by atoms with Gasteiger partial charge < -0.3 is 5.32 Å². The van der Waals surface area contributed by atoms with Crippen LogP contribution in [0.4, 0.5) is 0 Å². The summed E-state index contributed by atoms with van der Waals surface area (Å²) in [4.78, 5) is 24.2. The summed E-state index contributed by atoms with van der Waals surface area (Å²) in [6.07, 6.45) is 5.94. The van der Waals surface area contributed by atoms with Gasteiger partial charge in [-0.1, -0.05) is 47.0 Å². The van der Waals surface area contributed by atoms with Gasteiger partial charge >= 0.3 is 0 Å². The quantitative estimate of drug-likeness (QED) is 0.837. The first-order valence-corrected chi connectivity index (χ1v) is 7.19. The fourth-order valence-corrected chi connectivity index (χ4v) is 2.61. The zero-order valence-corrected chi connectivity index (χ0v) is 12.2.